The molecule has 1 aliphatic rings. The molecule has 1 rings (SSSR count). The molecule has 0 bridgehead atoms. The molecule has 0 fully saturated rings. The van der Waals surface area contributed by atoms with E-state index in [1.807, 2.05) is 6.92 Å². The maximum atomic E-state index is 11.5. The lowest BCUT2D eigenvalue weighted by molar-refractivity contribution is 0.0864. The molecule has 1 N–H and O–H groups in total. The van der Waals surface area contributed by atoms with Gasteiger partial charge in [-0.25, -0.2) is 4.79 Å². The Bertz CT molecular complexity index is 254. The fraction of sp³-hybridized carbons (Fsp3) is 0.769. The zero-order valence-corrected chi connectivity index (χ0v) is 11.4. The van der Waals surface area contributed by atoms with Crippen molar-refractivity contribution in [3.63, 3.8) is 0 Å². The van der Waals surface area contributed by atoms with E-state index in [4.69, 9.17) is 4.74 Å². The number of hydrogen-bond acceptors (Lipinski definition) is 3. The van der Waals surface area contributed by atoms with Crippen LogP contribution in [0.3, 0.4) is 0 Å². The first-order chi connectivity index (χ1) is 8.18. The third-order valence-electron chi connectivity index (χ3n) is 2.82. The summed E-state index contributed by atoms with van der Waals surface area (Å²) in [7, 11) is 0. The van der Waals surface area contributed by atoms with Gasteiger partial charge in [-0.05, 0) is 38.5 Å². The van der Waals surface area contributed by atoms with Gasteiger partial charge in [0.1, 0.15) is 6.10 Å². The number of carbonyl (C=O) groups is 1. The van der Waals surface area contributed by atoms with E-state index >= 15 is 0 Å². The van der Waals surface area contributed by atoms with Crippen LogP contribution in [0.4, 0.5) is 4.79 Å². The van der Waals surface area contributed by atoms with E-state index < -0.39 is 0 Å². The minimum Gasteiger partial charge on any atom is -0.446 e. The van der Waals surface area contributed by atoms with Crippen LogP contribution in [-0.4, -0.2) is 24.0 Å². The molecule has 98 valence electrons. The van der Waals surface area contributed by atoms with E-state index in [0.29, 0.717) is 11.8 Å². The lowest BCUT2D eigenvalue weighted by Gasteiger charge is -2.18. The first-order valence-corrected chi connectivity index (χ1v) is 6.97. The van der Waals surface area contributed by atoms with Gasteiger partial charge < -0.3 is 10.1 Å². The van der Waals surface area contributed by atoms with Crippen molar-refractivity contribution in [2.45, 2.75) is 56.8 Å². The van der Waals surface area contributed by atoms with Crippen molar-refractivity contribution in [2.75, 3.05) is 6.54 Å². The van der Waals surface area contributed by atoms with Crippen LogP contribution in [0, 0.1) is 0 Å². The Morgan fingerprint density at radius 1 is 1.47 bits per heavy atom. The quantitative estimate of drug-likeness (QED) is 0.599. The van der Waals surface area contributed by atoms with Gasteiger partial charge in [0, 0.05) is 11.8 Å². The molecule has 2 atom stereocenters. The smallest absolute Gasteiger partial charge is 0.407 e. The molecule has 0 aromatic carbocycles. The molecule has 0 aromatic rings. The summed E-state index contributed by atoms with van der Waals surface area (Å²) < 4.78 is 5.40. The molecule has 4 heteroatoms. The predicted molar refractivity (Wildman–Crippen MR) is 73.6 cm³/mol. The summed E-state index contributed by atoms with van der Waals surface area (Å²) in [6.07, 6.45) is 10.2. The topological polar surface area (TPSA) is 38.3 Å². The number of rotatable bonds is 4. The number of thiol groups is 1. The minimum atomic E-state index is -0.284. The van der Waals surface area contributed by atoms with Gasteiger partial charge >= 0.3 is 6.09 Å². The molecule has 0 saturated carbocycles. The largest absolute Gasteiger partial charge is 0.446 e. The molecule has 3 nitrogen and oxygen atoms in total. The van der Waals surface area contributed by atoms with E-state index in [1.54, 1.807) is 0 Å². The molecule has 0 aromatic heterocycles. The summed E-state index contributed by atoms with van der Waals surface area (Å²) in [5.41, 5.74) is 0. The van der Waals surface area contributed by atoms with Crippen LogP contribution in [-0.2, 0) is 4.74 Å². The van der Waals surface area contributed by atoms with Gasteiger partial charge in [0.05, 0.1) is 0 Å². The number of alkyl carbamates (subject to hydrolysis) is 1. The Hall–Kier alpha value is -0.640. The number of amides is 1. The van der Waals surface area contributed by atoms with Crippen molar-refractivity contribution in [3.05, 3.63) is 12.2 Å². The molecule has 1 aliphatic carbocycles. The zero-order chi connectivity index (χ0) is 12.5. The van der Waals surface area contributed by atoms with Crippen LogP contribution in [0.2, 0.25) is 0 Å². The van der Waals surface area contributed by atoms with Crippen LogP contribution in [0.5, 0.6) is 0 Å². The van der Waals surface area contributed by atoms with Gasteiger partial charge in [0.2, 0.25) is 0 Å². The van der Waals surface area contributed by atoms with E-state index in [-0.39, 0.29) is 12.2 Å². The first kappa shape index (κ1) is 14.4. The maximum Gasteiger partial charge on any atom is 0.407 e. The Kier molecular flexibility index (Phi) is 7.17. The second kappa shape index (κ2) is 8.45. The lowest BCUT2D eigenvalue weighted by Crippen LogP contribution is -2.30. The van der Waals surface area contributed by atoms with Gasteiger partial charge in [-0.2, -0.15) is 12.6 Å². The lowest BCUT2D eigenvalue weighted by atomic mass is 10.0. The summed E-state index contributed by atoms with van der Waals surface area (Å²) in [5.74, 6) is 0. The fourth-order valence-corrected chi connectivity index (χ4v) is 1.95. The van der Waals surface area contributed by atoms with Crippen LogP contribution in [0.25, 0.3) is 0 Å². The van der Waals surface area contributed by atoms with Gasteiger partial charge in [-0.1, -0.05) is 19.1 Å². The second-order valence-electron chi connectivity index (χ2n) is 4.57. The molecular formula is C13H23NO2S. The summed E-state index contributed by atoms with van der Waals surface area (Å²) in [6, 6.07) is 0. The van der Waals surface area contributed by atoms with Crippen molar-refractivity contribution in [3.8, 4) is 0 Å². The molecule has 1 amide bonds. The molecule has 0 radical (unpaired) electrons. The standard InChI is InChI=1S/C13H23NO2S/c1-11(17)9-10-14-13(15)16-12-7-5-3-2-4-6-8-12/h2-3,11-12,17H,4-10H2,1H3,(H,14,15)/b3-2+. The van der Waals surface area contributed by atoms with Crippen molar-refractivity contribution in [2.24, 2.45) is 0 Å². The summed E-state index contributed by atoms with van der Waals surface area (Å²) >= 11 is 4.26. The Balaban J connectivity index is 2.17. The van der Waals surface area contributed by atoms with Crippen molar-refractivity contribution >= 4 is 18.7 Å². The van der Waals surface area contributed by atoms with Crippen molar-refractivity contribution < 1.29 is 9.53 Å². The number of allylic oxidation sites excluding steroid dienone is 2. The fourth-order valence-electron chi connectivity index (χ4n) is 1.82. The van der Waals surface area contributed by atoms with Gasteiger partial charge in [-0.3, -0.25) is 0 Å². The minimum absolute atomic E-state index is 0.0772. The SMILES string of the molecule is CC(S)CCNC(=O)OC1CC/C=C/CCC1. The maximum absolute atomic E-state index is 11.5. The van der Waals surface area contributed by atoms with Gasteiger partial charge in [0.15, 0.2) is 0 Å². The normalized spacial score (nSPS) is 24.2. The highest BCUT2D eigenvalue weighted by Gasteiger charge is 2.14. The summed E-state index contributed by atoms with van der Waals surface area (Å²) in [6.45, 7) is 2.65. The average Bonchev–Trinajstić information content (AvgIpc) is 2.21. The third kappa shape index (κ3) is 7.31. The monoisotopic (exact) mass is 257 g/mol. The first-order valence-electron chi connectivity index (χ1n) is 6.46. The van der Waals surface area contributed by atoms with Crippen molar-refractivity contribution in [1.29, 1.82) is 0 Å². The summed E-state index contributed by atoms with van der Waals surface area (Å²) in [5, 5.41) is 3.08. The molecule has 0 saturated heterocycles. The van der Waals surface area contributed by atoms with E-state index in [2.05, 4.69) is 30.1 Å². The molecule has 2 unspecified atom stereocenters. The van der Waals surface area contributed by atoms with E-state index in [1.165, 1.54) is 0 Å². The molecule has 17 heavy (non-hydrogen) atoms. The van der Waals surface area contributed by atoms with Crippen LogP contribution in [0.15, 0.2) is 12.2 Å². The average molecular weight is 257 g/mol. The predicted octanol–water partition coefficient (Wildman–Crippen LogP) is 3.31. The highest BCUT2D eigenvalue weighted by molar-refractivity contribution is 7.80. The Labute approximate surface area is 109 Å². The second-order valence-corrected chi connectivity index (χ2v) is 5.45. The highest BCUT2D eigenvalue weighted by Crippen LogP contribution is 2.15. The van der Waals surface area contributed by atoms with Crippen LogP contribution in [0.1, 0.15) is 45.4 Å². The van der Waals surface area contributed by atoms with Crippen molar-refractivity contribution in [1.82, 2.24) is 5.32 Å². The third-order valence-corrected chi connectivity index (χ3v) is 3.08. The Morgan fingerprint density at radius 3 is 3.00 bits per heavy atom. The zero-order valence-electron chi connectivity index (χ0n) is 10.5. The van der Waals surface area contributed by atoms with Gasteiger partial charge in [-0.15, -0.1) is 0 Å². The van der Waals surface area contributed by atoms with Gasteiger partial charge in [0.25, 0.3) is 0 Å². The number of carbonyl (C=O) groups excluding carboxylic acids is 1. The highest BCUT2D eigenvalue weighted by atomic mass is 32.1. The number of nitrogens with one attached hydrogen (secondary N) is 1. The van der Waals surface area contributed by atoms with E-state index in [9.17, 15) is 4.79 Å². The molecule has 0 aliphatic heterocycles. The number of hydrogen-bond donors (Lipinski definition) is 2. The number of ether oxygens (including phenoxy) is 1. The van der Waals surface area contributed by atoms with E-state index in [0.717, 1.165) is 38.5 Å². The molecular weight excluding hydrogens is 234 g/mol. The van der Waals surface area contributed by atoms with Crippen LogP contribution >= 0.6 is 12.6 Å². The molecule has 0 spiro atoms. The van der Waals surface area contributed by atoms with Crippen LogP contribution < -0.4 is 5.32 Å². The molecule has 0 heterocycles. The summed E-state index contributed by atoms with van der Waals surface area (Å²) in [4.78, 5) is 11.5. The Morgan fingerprint density at radius 2 is 2.24 bits per heavy atom.